The third-order valence-corrected chi connectivity index (χ3v) is 2.88. The van der Waals surface area contributed by atoms with E-state index in [1.165, 1.54) is 12.8 Å². The maximum Gasteiger partial charge on any atom is 0.117 e. The molecule has 0 radical (unpaired) electrons. The van der Waals surface area contributed by atoms with Crippen LogP contribution in [0.1, 0.15) is 26.2 Å². The van der Waals surface area contributed by atoms with E-state index >= 15 is 0 Å². The average molecular weight is 200 g/mol. The topological polar surface area (TPSA) is 41.9 Å². The van der Waals surface area contributed by atoms with Crippen LogP contribution in [0.3, 0.4) is 0 Å². The second-order valence-corrected chi connectivity index (χ2v) is 3.93. The van der Waals surface area contributed by atoms with Crippen LogP contribution in [0.5, 0.6) is 0 Å². The SMILES string of the molecule is CCOCC(CC1CCCN1C)N=O. The highest BCUT2D eigenvalue weighted by molar-refractivity contribution is 4.81. The maximum atomic E-state index is 10.6. The van der Waals surface area contributed by atoms with Gasteiger partial charge in [0.15, 0.2) is 0 Å². The van der Waals surface area contributed by atoms with Crippen LogP contribution < -0.4 is 0 Å². The van der Waals surface area contributed by atoms with Crippen LogP contribution in [-0.4, -0.2) is 43.8 Å². The van der Waals surface area contributed by atoms with Gasteiger partial charge in [-0.15, -0.1) is 0 Å². The lowest BCUT2D eigenvalue weighted by Gasteiger charge is -2.21. The molecule has 1 fully saturated rings. The highest BCUT2D eigenvalue weighted by Crippen LogP contribution is 2.20. The summed E-state index contributed by atoms with van der Waals surface area (Å²) in [5, 5.41) is 3.12. The van der Waals surface area contributed by atoms with Gasteiger partial charge in [0.2, 0.25) is 0 Å². The molecule has 0 aromatic rings. The minimum Gasteiger partial charge on any atom is -0.379 e. The van der Waals surface area contributed by atoms with Crippen molar-refractivity contribution in [1.29, 1.82) is 0 Å². The summed E-state index contributed by atoms with van der Waals surface area (Å²) in [6.45, 7) is 4.21. The molecule has 4 heteroatoms. The van der Waals surface area contributed by atoms with Crippen molar-refractivity contribution in [1.82, 2.24) is 4.90 Å². The Hall–Kier alpha value is -0.480. The predicted molar refractivity (Wildman–Crippen MR) is 56.3 cm³/mol. The summed E-state index contributed by atoms with van der Waals surface area (Å²) in [6.07, 6.45) is 3.27. The Morgan fingerprint density at radius 2 is 2.43 bits per heavy atom. The second-order valence-electron chi connectivity index (χ2n) is 3.93. The van der Waals surface area contributed by atoms with Gasteiger partial charge in [0.25, 0.3) is 0 Å². The first-order chi connectivity index (χ1) is 6.77. The molecule has 0 spiro atoms. The van der Waals surface area contributed by atoms with Gasteiger partial charge < -0.3 is 9.64 Å². The first-order valence-corrected chi connectivity index (χ1v) is 5.38. The molecule has 0 bridgehead atoms. The largest absolute Gasteiger partial charge is 0.379 e. The fourth-order valence-corrected chi connectivity index (χ4v) is 1.99. The molecule has 1 aliphatic heterocycles. The Morgan fingerprint density at radius 1 is 1.64 bits per heavy atom. The number of nitroso groups, excluding NO2 is 1. The van der Waals surface area contributed by atoms with Gasteiger partial charge in [-0.3, -0.25) is 0 Å². The summed E-state index contributed by atoms with van der Waals surface area (Å²) in [6, 6.07) is 0.360. The number of nitrogens with zero attached hydrogens (tertiary/aromatic N) is 2. The van der Waals surface area contributed by atoms with E-state index in [1.54, 1.807) is 0 Å². The Balaban J connectivity index is 2.28. The Morgan fingerprint density at radius 3 is 2.93 bits per heavy atom. The molecule has 1 heterocycles. The van der Waals surface area contributed by atoms with Crippen molar-refractivity contribution in [3.63, 3.8) is 0 Å². The Labute approximate surface area is 85.6 Å². The highest BCUT2D eigenvalue weighted by Gasteiger charge is 2.24. The minimum atomic E-state index is -0.166. The zero-order valence-electron chi connectivity index (χ0n) is 9.11. The molecule has 82 valence electrons. The molecular formula is C10H20N2O2. The second kappa shape index (κ2) is 6.09. The first kappa shape index (κ1) is 11.6. The molecule has 4 nitrogen and oxygen atoms in total. The van der Waals surface area contributed by atoms with E-state index < -0.39 is 0 Å². The summed E-state index contributed by atoms with van der Waals surface area (Å²) in [5.41, 5.74) is 0. The normalized spacial score (nSPS) is 25.1. The van der Waals surface area contributed by atoms with Crippen molar-refractivity contribution in [2.24, 2.45) is 5.18 Å². The number of hydrogen-bond donors (Lipinski definition) is 0. The van der Waals surface area contributed by atoms with Gasteiger partial charge in [-0.2, -0.15) is 4.91 Å². The van der Waals surface area contributed by atoms with Gasteiger partial charge in [-0.05, 0) is 39.8 Å². The van der Waals surface area contributed by atoms with Crippen LogP contribution in [0.15, 0.2) is 5.18 Å². The van der Waals surface area contributed by atoms with E-state index in [0.717, 1.165) is 13.0 Å². The molecule has 2 atom stereocenters. The van der Waals surface area contributed by atoms with Gasteiger partial charge in [-0.25, -0.2) is 0 Å². The van der Waals surface area contributed by atoms with E-state index in [1.807, 2.05) is 6.92 Å². The molecule has 0 aromatic heterocycles. The van der Waals surface area contributed by atoms with E-state index in [4.69, 9.17) is 4.74 Å². The van der Waals surface area contributed by atoms with Crippen LogP contribution in [0.2, 0.25) is 0 Å². The molecule has 2 unspecified atom stereocenters. The van der Waals surface area contributed by atoms with E-state index in [0.29, 0.717) is 19.3 Å². The molecule has 1 rings (SSSR count). The van der Waals surface area contributed by atoms with Crippen LogP contribution in [-0.2, 0) is 4.74 Å². The summed E-state index contributed by atoms with van der Waals surface area (Å²) < 4.78 is 5.22. The molecule has 1 saturated heterocycles. The Kier molecular flexibility index (Phi) is 5.04. The molecule has 0 N–H and O–H groups in total. The zero-order valence-corrected chi connectivity index (χ0v) is 9.11. The van der Waals surface area contributed by atoms with Crippen molar-refractivity contribution >= 4 is 0 Å². The number of likely N-dealkylation sites (tertiary alicyclic amines) is 1. The van der Waals surface area contributed by atoms with Crippen molar-refractivity contribution < 1.29 is 4.74 Å². The lowest BCUT2D eigenvalue weighted by molar-refractivity contribution is 0.122. The van der Waals surface area contributed by atoms with Gasteiger partial charge in [0.05, 0.1) is 6.61 Å². The molecule has 0 aromatic carbocycles. The molecule has 0 aliphatic carbocycles. The van der Waals surface area contributed by atoms with Crippen molar-refractivity contribution in [3.8, 4) is 0 Å². The summed E-state index contributed by atoms with van der Waals surface area (Å²) in [7, 11) is 2.11. The van der Waals surface area contributed by atoms with Crippen LogP contribution >= 0.6 is 0 Å². The smallest absolute Gasteiger partial charge is 0.117 e. The first-order valence-electron chi connectivity index (χ1n) is 5.38. The van der Waals surface area contributed by atoms with Crippen molar-refractivity contribution in [2.75, 3.05) is 26.8 Å². The standard InChI is InChI=1S/C10H20N2O2/c1-3-14-8-9(11-13)7-10-5-4-6-12(10)2/h9-10H,3-8H2,1-2H3. The van der Waals surface area contributed by atoms with Gasteiger partial charge in [-0.1, -0.05) is 5.18 Å². The average Bonchev–Trinajstić information content (AvgIpc) is 2.59. The lowest BCUT2D eigenvalue weighted by atomic mass is 10.1. The zero-order chi connectivity index (χ0) is 10.4. The Bertz CT molecular complexity index is 176. The third kappa shape index (κ3) is 3.35. The van der Waals surface area contributed by atoms with E-state index in [2.05, 4.69) is 17.1 Å². The van der Waals surface area contributed by atoms with Gasteiger partial charge >= 0.3 is 0 Å². The van der Waals surface area contributed by atoms with Crippen molar-refractivity contribution in [3.05, 3.63) is 4.91 Å². The maximum absolute atomic E-state index is 10.6. The molecule has 14 heavy (non-hydrogen) atoms. The predicted octanol–water partition coefficient (Wildman–Crippen LogP) is 1.64. The van der Waals surface area contributed by atoms with Crippen LogP contribution in [0.4, 0.5) is 0 Å². The third-order valence-electron chi connectivity index (χ3n) is 2.88. The number of ether oxygens (including phenoxy) is 1. The van der Waals surface area contributed by atoms with Gasteiger partial charge in [0.1, 0.15) is 6.04 Å². The summed E-state index contributed by atoms with van der Waals surface area (Å²) in [4.78, 5) is 12.9. The number of hydrogen-bond acceptors (Lipinski definition) is 4. The molecule has 1 aliphatic rings. The highest BCUT2D eigenvalue weighted by atomic mass is 16.5. The van der Waals surface area contributed by atoms with Gasteiger partial charge in [0, 0.05) is 12.6 Å². The minimum absolute atomic E-state index is 0.166. The van der Waals surface area contributed by atoms with E-state index in [9.17, 15) is 4.91 Å². The van der Waals surface area contributed by atoms with E-state index in [-0.39, 0.29) is 6.04 Å². The van der Waals surface area contributed by atoms with Crippen molar-refractivity contribution in [2.45, 2.75) is 38.3 Å². The van der Waals surface area contributed by atoms with Crippen LogP contribution in [0.25, 0.3) is 0 Å². The quantitative estimate of drug-likeness (QED) is 0.612. The fourth-order valence-electron chi connectivity index (χ4n) is 1.99. The number of rotatable bonds is 6. The lowest BCUT2D eigenvalue weighted by Crippen LogP contribution is -2.30. The molecule has 0 saturated carbocycles. The monoisotopic (exact) mass is 200 g/mol. The molecular weight excluding hydrogens is 180 g/mol. The molecule has 0 amide bonds. The fraction of sp³-hybridized carbons (Fsp3) is 1.00. The summed E-state index contributed by atoms with van der Waals surface area (Å²) >= 11 is 0. The summed E-state index contributed by atoms with van der Waals surface area (Å²) in [5.74, 6) is 0. The van der Waals surface area contributed by atoms with Crippen LogP contribution in [0, 0.1) is 4.91 Å².